The van der Waals surface area contributed by atoms with E-state index in [0.717, 1.165) is 30.8 Å². The Balaban J connectivity index is 1.67. The number of ether oxygens (including phenoxy) is 1. The van der Waals surface area contributed by atoms with Crippen molar-refractivity contribution in [3.05, 3.63) is 12.0 Å². The molecule has 0 bridgehead atoms. The van der Waals surface area contributed by atoms with Crippen molar-refractivity contribution in [2.24, 2.45) is 10.9 Å². The van der Waals surface area contributed by atoms with Crippen molar-refractivity contribution in [3.8, 4) is 5.88 Å². The van der Waals surface area contributed by atoms with E-state index in [0.29, 0.717) is 11.8 Å². The maximum atomic E-state index is 5.88. The third-order valence-corrected chi connectivity index (χ3v) is 3.78. The number of nitrogens with zero attached hydrogens (tertiary/aromatic N) is 3. The monoisotopic (exact) mass is 245 g/mol. The Morgan fingerprint density at radius 1 is 1.17 bits per heavy atom. The first-order chi connectivity index (χ1) is 8.93. The lowest BCUT2D eigenvalue weighted by atomic mass is 9.90. The molecule has 4 heteroatoms. The van der Waals surface area contributed by atoms with Crippen molar-refractivity contribution in [2.45, 2.75) is 44.9 Å². The molecule has 2 aliphatic rings. The summed E-state index contributed by atoms with van der Waals surface area (Å²) in [5, 5.41) is 0. The van der Waals surface area contributed by atoms with Gasteiger partial charge in [-0.25, -0.2) is 4.98 Å². The van der Waals surface area contributed by atoms with Gasteiger partial charge in [-0.3, -0.25) is 4.99 Å². The van der Waals surface area contributed by atoms with Gasteiger partial charge in [0.25, 0.3) is 0 Å². The first kappa shape index (κ1) is 11.6. The fourth-order valence-corrected chi connectivity index (χ4v) is 2.72. The maximum Gasteiger partial charge on any atom is 0.243 e. The zero-order valence-electron chi connectivity index (χ0n) is 10.6. The van der Waals surface area contributed by atoms with Crippen molar-refractivity contribution in [3.63, 3.8) is 0 Å². The predicted molar refractivity (Wildman–Crippen MR) is 70.6 cm³/mol. The summed E-state index contributed by atoms with van der Waals surface area (Å²) in [6.07, 6.45) is 12.1. The Morgan fingerprint density at radius 2 is 2.06 bits per heavy atom. The van der Waals surface area contributed by atoms with Crippen LogP contribution in [0, 0.1) is 5.92 Å². The van der Waals surface area contributed by atoms with Crippen molar-refractivity contribution in [1.29, 1.82) is 0 Å². The third-order valence-electron chi connectivity index (χ3n) is 3.78. The molecular formula is C14H19N3O. The summed E-state index contributed by atoms with van der Waals surface area (Å²) in [6.45, 7) is 0.777. The molecule has 1 aliphatic carbocycles. The maximum absolute atomic E-state index is 5.88. The van der Waals surface area contributed by atoms with E-state index in [1.54, 1.807) is 6.33 Å². The molecule has 1 aromatic heterocycles. The van der Waals surface area contributed by atoms with Crippen LogP contribution >= 0.6 is 0 Å². The van der Waals surface area contributed by atoms with Crippen LogP contribution in [0.4, 0.5) is 5.69 Å². The number of aliphatic imine (C=N–C) groups is 1. The van der Waals surface area contributed by atoms with E-state index in [1.165, 1.54) is 32.1 Å². The molecule has 1 aromatic rings. The summed E-state index contributed by atoms with van der Waals surface area (Å²) in [4.78, 5) is 12.9. The van der Waals surface area contributed by atoms with Crippen LogP contribution in [0.25, 0.3) is 0 Å². The van der Waals surface area contributed by atoms with Crippen molar-refractivity contribution in [1.82, 2.24) is 9.97 Å². The predicted octanol–water partition coefficient (Wildman–Crippen LogP) is 3.08. The summed E-state index contributed by atoms with van der Waals surface area (Å²) < 4.78 is 5.88. The summed E-state index contributed by atoms with van der Waals surface area (Å²) >= 11 is 0. The van der Waals surface area contributed by atoms with E-state index >= 15 is 0 Å². The molecule has 3 rings (SSSR count). The van der Waals surface area contributed by atoms with Crippen LogP contribution in [0.15, 0.2) is 11.3 Å². The Bertz CT molecular complexity index is 439. The van der Waals surface area contributed by atoms with Crippen LogP contribution in [0.1, 0.15) is 44.2 Å². The van der Waals surface area contributed by atoms with Gasteiger partial charge >= 0.3 is 0 Å². The zero-order valence-corrected chi connectivity index (χ0v) is 10.6. The van der Waals surface area contributed by atoms with Crippen molar-refractivity contribution < 1.29 is 4.74 Å². The Kier molecular flexibility index (Phi) is 3.53. The van der Waals surface area contributed by atoms with Crippen LogP contribution in [-0.2, 0) is 6.42 Å². The second-order valence-corrected chi connectivity index (χ2v) is 5.14. The van der Waals surface area contributed by atoms with E-state index in [-0.39, 0.29) is 0 Å². The van der Waals surface area contributed by atoms with Gasteiger partial charge < -0.3 is 4.74 Å². The zero-order chi connectivity index (χ0) is 12.2. The van der Waals surface area contributed by atoms with E-state index in [1.807, 2.05) is 6.21 Å². The van der Waals surface area contributed by atoms with Gasteiger partial charge in [-0.2, -0.15) is 4.98 Å². The van der Waals surface area contributed by atoms with Gasteiger partial charge in [0, 0.05) is 6.21 Å². The Hall–Kier alpha value is -1.45. The molecule has 18 heavy (non-hydrogen) atoms. The number of hydrogen-bond acceptors (Lipinski definition) is 4. The number of aryl methyl sites for hydroxylation is 1. The first-order valence-electron chi connectivity index (χ1n) is 6.92. The second-order valence-electron chi connectivity index (χ2n) is 5.14. The summed E-state index contributed by atoms with van der Waals surface area (Å²) in [6, 6.07) is 0. The largest absolute Gasteiger partial charge is 0.476 e. The molecule has 0 spiro atoms. The van der Waals surface area contributed by atoms with Crippen LogP contribution in [-0.4, -0.2) is 22.8 Å². The average Bonchev–Trinajstić information content (AvgIpc) is 2.46. The van der Waals surface area contributed by atoms with E-state index < -0.39 is 0 Å². The Labute approximate surface area is 108 Å². The van der Waals surface area contributed by atoms with Gasteiger partial charge in [-0.15, -0.1) is 0 Å². The Morgan fingerprint density at radius 3 is 2.94 bits per heavy atom. The van der Waals surface area contributed by atoms with E-state index in [2.05, 4.69) is 15.0 Å². The molecule has 0 unspecified atom stereocenters. The third kappa shape index (κ3) is 2.52. The molecule has 1 saturated carbocycles. The first-order valence-corrected chi connectivity index (χ1v) is 6.92. The summed E-state index contributed by atoms with van der Waals surface area (Å²) in [7, 11) is 0. The molecule has 0 radical (unpaired) electrons. The number of hydrogen-bond donors (Lipinski definition) is 0. The highest BCUT2D eigenvalue weighted by atomic mass is 16.5. The highest BCUT2D eigenvalue weighted by Crippen LogP contribution is 2.32. The van der Waals surface area contributed by atoms with Gasteiger partial charge in [0.05, 0.1) is 12.3 Å². The van der Waals surface area contributed by atoms with Crippen molar-refractivity contribution >= 4 is 11.9 Å². The molecule has 1 fully saturated rings. The molecule has 0 aromatic carbocycles. The molecule has 0 N–H and O–H groups in total. The van der Waals surface area contributed by atoms with Gasteiger partial charge in [0.1, 0.15) is 12.0 Å². The van der Waals surface area contributed by atoms with Crippen LogP contribution < -0.4 is 4.74 Å². The smallest absolute Gasteiger partial charge is 0.243 e. The molecule has 4 nitrogen and oxygen atoms in total. The van der Waals surface area contributed by atoms with E-state index in [4.69, 9.17) is 4.74 Å². The SMILES string of the molecule is C1=Nc2c(ncnc2OCC2CCCCC2)CC1. The minimum Gasteiger partial charge on any atom is -0.476 e. The molecule has 2 heterocycles. The van der Waals surface area contributed by atoms with Gasteiger partial charge in [-0.05, 0) is 31.6 Å². The van der Waals surface area contributed by atoms with Gasteiger partial charge in [0.15, 0.2) is 0 Å². The lowest BCUT2D eigenvalue weighted by molar-refractivity contribution is 0.203. The molecular weight excluding hydrogens is 226 g/mol. The van der Waals surface area contributed by atoms with Crippen LogP contribution in [0.3, 0.4) is 0 Å². The molecule has 0 amide bonds. The second kappa shape index (κ2) is 5.46. The topological polar surface area (TPSA) is 47.4 Å². The molecule has 0 saturated heterocycles. The quantitative estimate of drug-likeness (QED) is 0.822. The lowest BCUT2D eigenvalue weighted by Crippen LogP contribution is -2.16. The van der Waals surface area contributed by atoms with Gasteiger partial charge in [0.2, 0.25) is 5.88 Å². The minimum absolute atomic E-state index is 0.668. The molecule has 96 valence electrons. The number of rotatable bonds is 3. The fraction of sp³-hybridized carbons (Fsp3) is 0.643. The van der Waals surface area contributed by atoms with Crippen LogP contribution in [0.2, 0.25) is 0 Å². The van der Waals surface area contributed by atoms with Crippen LogP contribution in [0.5, 0.6) is 5.88 Å². The molecule has 0 atom stereocenters. The standard InChI is InChI=1S/C14H19N3O/c1-2-5-11(6-3-1)9-18-14-13-12(16-10-17-14)7-4-8-15-13/h8,10-11H,1-7,9H2. The highest BCUT2D eigenvalue weighted by Gasteiger charge is 2.17. The van der Waals surface area contributed by atoms with Crippen molar-refractivity contribution in [2.75, 3.05) is 6.61 Å². The summed E-state index contributed by atoms with van der Waals surface area (Å²) in [5.74, 6) is 1.36. The number of aromatic nitrogens is 2. The summed E-state index contributed by atoms with van der Waals surface area (Å²) in [5.41, 5.74) is 1.87. The van der Waals surface area contributed by atoms with Gasteiger partial charge in [-0.1, -0.05) is 19.3 Å². The normalized spacial score (nSPS) is 19.6. The average molecular weight is 245 g/mol. The molecule has 1 aliphatic heterocycles. The highest BCUT2D eigenvalue weighted by molar-refractivity contribution is 5.70. The lowest BCUT2D eigenvalue weighted by Gasteiger charge is -2.22. The van der Waals surface area contributed by atoms with E-state index in [9.17, 15) is 0 Å². The fourth-order valence-electron chi connectivity index (χ4n) is 2.72. The number of fused-ring (bicyclic) bond motifs is 1. The minimum atomic E-state index is 0.668.